The molecule has 0 fully saturated rings. The number of rotatable bonds is 6. The summed E-state index contributed by atoms with van der Waals surface area (Å²) in [5, 5.41) is 3.52. The van der Waals surface area contributed by atoms with Gasteiger partial charge in [-0.25, -0.2) is 0 Å². The normalized spacial score (nSPS) is 11.0. The molecule has 1 nitrogen and oxygen atoms in total. The van der Waals surface area contributed by atoms with Crippen molar-refractivity contribution in [2.45, 2.75) is 0 Å². The molecule has 1 heteroatoms. The van der Waals surface area contributed by atoms with Crippen LogP contribution in [0, 0.1) is 0 Å². The second kappa shape index (κ2) is 7.98. The van der Waals surface area contributed by atoms with E-state index in [0.717, 1.165) is 33.6 Å². The van der Waals surface area contributed by atoms with E-state index in [1.165, 1.54) is 0 Å². The minimum Gasteiger partial charge on any atom is -0.355 e. The van der Waals surface area contributed by atoms with E-state index in [0.29, 0.717) is 0 Å². The van der Waals surface area contributed by atoms with E-state index in [1.807, 2.05) is 54.6 Å². The summed E-state index contributed by atoms with van der Waals surface area (Å²) in [5.74, 6) is 0. The summed E-state index contributed by atoms with van der Waals surface area (Å²) >= 11 is 0. The number of para-hydroxylation sites is 2. The molecule has 0 radical (unpaired) electrons. The lowest BCUT2D eigenvalue weighted by Crippen LogP contribution is -1.98. The first-order valence-corrected chi connectivity index (χ1v) is 8.29. The lowest BCUT2D eigenvalue weighted by atomic mass is 9.92. The third kappa shape index (κ3) is 3.78. The van der Waals surface area contributed by atoms with Gasteiger partial charge in [0.2, 0.25) is 0 Å². The summed E-state index contributed by atoms with van der Waals surface area (Å²) in [6.07, 6.45) is 5.77. The second-order valence-corrected chi connectivity index (χ2v) is 5.64. The van der Waals surface area contributed by atoms with Crippen LogP contribution in [-0.2, 0) is 0 Å². The molecule has 1 N–H and O–H groups in total. The molecule has 0 amide bonds. The fraction of sp³-hybridized carbons (Fsp3) is 0. The predicted octanol–water partition coefficient (Wildman–Crippen LogP) is 6.69. The Morgan fingerprint density at radius 3 is 2.08 bits per heavy atom. The van der Waals surface area contributed by atoms with E-state index in [2.05, 4.69) is 60.9 Å². The number of benzene rings is 3. The lowest BCUT2D eigenvalue weighted by Gasteiger charge is -2.16. The maximum absolute atomic E-state index is 3.95. The maximum Gasteiger partial charge on any atom is 0.0464 e. The Morgan fingerprint density at radius 2 is 1.36 bits per heavy atom. The summed E-state index contributed by atoms with van der Waals surface area (Å²) in [6.45, 7) is 7.85. The molecule has 122 valence electrons. The number of allylic oxidation sites excluding steroid dienone is 2. The van der Waals surface area contributed by atoms with Crippen molar-refractivity contribution in [3.05, 3.63) is 121 Å². The van der Waals surface area contributed by atoms with Gasteiger partial charge in [-0.2, -0.15) is 0 Å². The molecule has 0 spiro atoms. The Balaban J connectivity index is 2.11. The molecule has 0 atom stereocenters. The Labute approximate surface area is 149 Å². The summed E-state index contributed by atoms with van der Waals surface area (Å²) in [7, 11) is 0. The highest BCUT2D eigenvalue weighted by atomic mass is 14.9. The molecule has 0 saturated heterocycles. The Bertz CT molecular complexity index is 904. The highest BCUT2D eigenvalue weighted by Crippen LogP contribution is 2.33. The SMILES string of the molecule is C=C/C=C(\c1ccccc1C=C)c1ccccc1Nc1ccccc1. The van der Waals surface area contributed by atoms with Gasteiger partial charge in [-0.1, -0.05) is 92.0 Å². The minimum atomic E-state index is 1.06. The predicted molar refractivity (Wildman–Crippen MR) is 110 cm³/mol. The van der Waals surface area contributed by atoms with Crippen molar-refractivity contribution in [1.29, 1.82) is 0 Å². The average Bonchev–Trinajstić information content (AvgIpc) is 2.68. The van der Waals surface area contributed by atoms with Crippen LogP contribution in [0.25, 0.3) is 11.6 Å². The first kappa shape index (κ1) is 16.5. The van der Waals surface area contributed by atoms with E-state index in [1.54, 1.807) is 0 Å². The average molecular weight is 323 g/mol. The van der Waals surface area contributed by atoms with Crippen LogP contribution in [0.5, 0.6) is 0 Å². The van der Waals surface area contributed by atoms with Crippen LogP contribution >= 0.6 is 0 Å². The molecular formula is C24H21N. The van der Waals surface area contributed by atoms with Crippen LogP contribution in [0.2, 0.25) is 0 Å². The van der Waals surface area contributed by atoms with Gasteiger partial charge in [0.1, 0.15) is 0 Å². The van der Waals surface area contributed by atoms with E-state index in [-0.39, 0.29) is 0 Å². The first-order chi connectivity index (χ1) is 12.3. The lowest BCUT2D eigenvalue weighted by molar-refractivity contribution is 1.48. The topological polar surface area (TPSA) is 12.0 Å². The van der Waals surface area contributed by atoms with Gasteiger partial charge in [-0.15, -0.1) is 0 Å². The van der Waals surface area contributed by atoms with E-state index < -0.39 is 0 Å². The summed E-state index contributed by atoms with van der Waals surface area (Å²) in [6, 6.07) is 26.8. The van der Waals surface area contributed by atoms with Crippen molar-refractivity contribution in [3.63, 3.8) is 0 Å². The summed E-state index contributed by atoms with van der Waals surface area (Å²) < 4.78 is 0. The molecule has 0 heterocycles. The molecule has 3 rings (SSSR count). The number of hydrogen-bond acceptors (Lipinski definition) is 1. The number of anilines is 2. The van der Waals surface area contributed by atoms with Gasteiger partial charge in [0.25, 0.3) is 0 Å². The van der Waals surface area contributed by atoms with Crippen LogP contribution in [0.3, 0.4) is 0 Å². The zero-order valence-electron chi connectivity index (χ0n) is 14.2. The van der Waals surface area contributed by atoms with Gasteiger partial charge in [0.15, 0.2) is 0 Å². The minimum absolute atomic E-state index is 1.06. The van der Waals surface area contributed by atoms with Crippen molar-refractivity contribution in [2.75, 3.05) is 5.32 Å². The molecule has 3 aromatic carbocycles. The second-order valence-electron chi connectivity index (χ2n) is 5.64. The van der Waals surface area contributed by atoms with Crippen molar-refractivity contribution in [1.82, 2.24) is 0 Å². The Kier molecular flexibility index (Phi) is 5.28. The fourth-order valence-electron chi connectivity index (χ4n) is 2.87. The Morgan fingerprint density at radius 1 is 0.720 bits per heavy atom. The van der Waals surface area contributed by atoms with Gasteiger partial charge in [0.05, 0.1) is 0 Å². The van der Waals surface area contributed by atoms with E-state index >= 15 is 0 Å². The zero-order valence-corrected chi connectivity index (χ0v) is 14.2. The summed E-state index contributed by atoms with van der Waals surface area (Å²) in [4.78, 5) is 0. The third-order valence-corrected chi connectivity index (χ3v) is 4.03. The van der Waals surface area contributed by atoms with Crippen LogP contribution < -0.4 is 5.32 Å². The van der Waals surface area contributed by atoms with Crippen molar-refractivity contribution in [3.8, 4) is 0 Å². The van der Waals surface area contributed by atoms with Gasteiger partial charge in [0, 0.05) is 16.9 Å². The molecule has 3 aromatic rings. The Hall–Kier alpha value is -3.32. The quantitative estimate of drug-likeness (QED) is 0.498. The highest BCUT2D eigenvalue weighted by molar-refractivity contribution is 5.90. The first-order valence-electron chi connectivity index (χ1n) is 8.29. The fourth-order valence-corrected chi connectivity index (χ4v) is 2.87. The number of hydrogen-bond donors (Lipinski definition) is 1. The van der Waals surface area contributed by atoms with E-state index in [9.17, 15) is 0 Å². The maximum atomic E-state index is 3.95. The molecule has 0 aromatic heterocycles. The molecular weight excluding hydrogens is 302 g/mol. The molecule has 0 unspecified atom stereocenters. The standard InChI is InChI=1S/C24H21N/c1-3-12-22(21-16-9-8-13-19(21)4-2)23-17-10-11-18-24(23)25-20-14-6-5-7-15-20/h3-18,25H,1-2H2/b22-12+. The highest BCUT2D eigenvalue weighted by Gasteiger charge is 2.11. The van der Waals surface area contributed by atoms with Crippen LogP contribution in [0.4, 0.5) is 11.4 Å². The van der Waals surface area contributed by atoms with Crippen LogP contribution in [0.1, 0.15) is 16.7 Å². The third-order valence-electron chi connectivity index (χ3n) is 4.03. The van der Waals surface area contributed by atoms with Crippen molar-refractivity contribution < 1.29 is 0 Å². The molecule has 0 bridgehead atoms. The zero-order chi connectivity index (χ0) is 17.5. The molecule has 0 aliphatic rings. The van der Waals surface area contributed by atoms with Gasteiger partial charge < -0.3 is 5.32 Å². The van der Waals surface area contributed by atoms with Crippen LogP contribution in [-0.4, -0.2) is 0 Å². The molecule has 0 saturated carbocycles. The van der Waals surface area contributed by atoms with Gasteiger partial charge in [-0.05, 0) is 34.9 Å². The smallest absolute Gasteiger partial charge is 0.0464 e. The largest absolute Gasteiger partial charge is 0.355 e. The monoisotopic (exact) mass is 323 g/mol. The molecule has 0 aliphatic carbocycles. The van der Waals surface area contributed by atoms with Gasteiger partial charge >= 0.3 is 0 Å². The molecule has 0 aliphatic heterocycles. The van der Waals surface area contributed by atoms with Gasteiger partial charge in [-0.3, -0.25) is 0 Å². The van der Waals surface area contributed by atoms with Crippen LogP contribution in [0.15, 0.2) is 104 Å². The summed E-state index contributed by atoms with van der Waals surface area (Å²) in [5.41, 5.74) is 6.60. The van der Waals surface area contributed by atoms with Crippen molar-refractivity contribution >= 4 is 23.0 Å². The van der Waals surface area contributed by atoms with E-state index in [4.69, 9.17) is 0 Å². The molecule has 25 heavy (non-hydrogen) atoms. The van der Waals surface area contributed by atoms with Crippen molar-refractivity contribution in [2.24, 2.45) is 0 Å². The number of nitrogens with one attached hydrogen (secondary N) is 1.